The van der Waals surface area contributed by atoms with Gasteiger partial charge >= 0.3 is 0 Å². The highest BCUT2D eigenvalue weighted by molar-refractivity contribution is 9.10. The standard InChI is InChI=1S/C17H22BrN3O3/c18-14-4-1-3-13(11-14)15-12-16(24-20-15)17(22)19-5-2-6-21-7-9-23-10-8-21/h1,3-4,11,16H,2,5-10,12H2,(H,19,22)/p+1/t16-/m1/s1. The number of rotatable bonds is 6. The summed E-state index contributed by atoms with van der Waals surface area (Å²) >= 11 is 3.44. The molecular weight excluding hydrogens is 374 g/mol. The highest BCUT2D eigenvalue weighted by atomic mass is 79.9. The van der Waals surface area contributed by atoms with E-state index in [2.05, 4.69) is 26.4 Å². The van der Waals surface area contributed by atoms with Crippen molar-refractivity contribution in [1.29, 1.82) is 0 Å². The van der Waals surface area contributed by atoms with Crippen LogP contribution in [0.25, 0.3) is 0 Å². The highest BCUT2D eigenvalue weighted by Crippen LogP contribution is 2.19. The fourth-order valence-corrected chi connectivity index (χ4v) is 3.33. The van der Waals surface area contributed by atoms with Crippen molar-refractivity contribution < 1.29 is 19.3 Å². The number of amides is 1. The molecule has 0 aromatic heterocycles. The van der Waals surface area contributed by atoms with Crippen LogP contribution in [0.2, 0.25) is 0 Å². The highest BCUT2D eigenvalue weighted by Gasteiger charge is 2.28. The minimum atomic E-state index is -0.519. The predicted octanol–water partition coefficient (Wildman–Crippen LogP) is 0.364. The first-order valence-electron chi connectivity index (χ1n) is 8.40. The first-order valence-corrected chi connectivity index (χ1v) is 9.19. The second-order valence-corrected chi connectivity index (χ2v) is 7.02. The fourth-order valence-electron chi connectivity index (χ4n) is 2.93. The Morgan fingerprint density at radius 3 is 3.00 bits per heavy atom. The van der Waals surface area contributed by atoms with Gasteiger partial charge in [-0.3, -0.25) is 4.79 Å². The quantitative estimate of drug-likeness (QED) is 0.682. The van der Waals surface area contributed by atoms with Gasteiger partial charge in [0.1, 0.15) is 13.1 Å². The van der Waals surface area contributed by atoms with E-state index in [0.717, 1.165) is 55.0 Å². The number of ether oxygens (including phenoxy) is 1. The predicted molar refractivity (Wildman–Crippen MR) is 94.2 cm³/mol. The number of hydrogen-bond donors (Lipinski definition) is 2. The summed E-state index contributed by atoms with van der Waals surface area (Å²) in [5.74, 6) is -0.0827. The molecule has 6 nitrogen and oxygen atoms in total. The van der Waals surface area contributed by atoms with Gasteiger partial charge in [-0.25, -0.2) is 0 Å². The van der Waals surface area contributed by atoms with Crippen molar-refractivity contribution in [2.75, 3.05) is 39.4 Å². The molecule has 130 valence electrons. The van der Waals surface area contributed by atoms with E-state index in [4.69, 9.17) is 9.57 Å². The van der Waals surface area contributed by atoms with E-state index < -0.39 is 6.10 Å². The van der Waals surface area contributed by atoms with E-state index >= 15 is 0 Å². The van der Waals surface area contributed by atoms with Crippen molar-refractivity contribution in [2.24, 2.45) is 5.16 Å². The number of carbonyl (C=O) groups is 1. The summed E-state index contributed by atoms with van der Waals surface area (Å²) in [7, 11) is 0. The maximum absolute atomic E-state index is 12.2. The third-order valence-corrected chi connectivity index (χ3v) is 4.82. The van der Waals surface area contributed by atoms with Crippen molar-refractivity contribution in [3.05, 3.63) is 34.3 Å². The number of quaternary nitrogens is 1. The van der Waals surface area contributed by atoms with Crippen molar-refractivity contribution in [1.82, 2.24) is 5.32 Å². The molecule has 0 unspecified atom stereocenters. The van der Waals surface area contributed by atoms with Gasteiger partial charge in [-0.15, -0.1) is 0 Å². The van der Waals surface area contributed by atoms with E-state index in [9.17, 15) is 4.79 Å². The van der Waals surface area contributed by atoms with E-state index in [1.165, 1.54) is 0 Å². The molecule has 1 aromatic carbocycles. The Hall–Kier alpha value is -1.44. The van der Waals surface area contributed by atoms with E-state index in [-0.39, 0.29) is 5.91 Å². The second kappa shape index (κ2) is 8.60. The number of nitrogens with one attached hydrogen (secondary N) is 2. The number of carbonyl (C=O) groups excluding carboxylic acids is 1. The Labute approximate surface area is 150 Å². The zero-order chi connectivity index (χ0) is 16.8. The van der Waals surface area contributed by atoms with Crippen LogP contribution < -0.4 is 10.2 Å². The van der Waals surface area contributed by atoms with Crippen LogP contribution >= 0.6 is 15.9 Å². The maximum atomic E-state index is 12.2. The molecule has 1 fully saturated rings. The second-order valence-electron chi connectivity index (χ2n) is 6.10. The number of halogens is 1. The van der Waals surface area contributed by atoms with Gasteiger partial charge in [0.15, 0.2) is 0 Å². The van der Waals surface area contributed by atoms with Gasteiger partial charge in [0.2, 0.25) is 6.10 Å². The van der Waals surface area contributed by atoms with Crippen molar-refractivity contribution >= 4 is 27.5 Å². The van der Waals surface area contributed by atoms with Gasteiger partial charge in [0, 0.05) is 29.4 Å². The molecule has 7 heteroatoms. The van der Waals surface area contributed by atoms with Gasteiger partial charge in [0.25, 0.3) is 5.91 Å². The van der Waals surface area contributed by atoms with Crippen molar-refractivity contribution in [3.63, 3.8) is 0 Å². The lowest BCUT2D eigenvalue weighted by molar-refractivity contribution is -0.908. The summed E-state index contributed by atoms with van der Waals surface area (Å²) < 4.78 is 6.33. The molecule has 1 saturated heterocycles. The first kappa shape index (κ1) is 17.4. The van der Waals surface area contributed by atoms with Gasteiger partial charge in [0.05, 0.1) is 25.5 Å². The van der Waals surface area contributed by atoms with Crippen LogP contribution in [0.5, 0.6) is 0 Å². The lowest BCUT2D eigenvalue weighted by Gasteiger charge is -2.23. The zero-order valence-electron chi connectivity index (χ0n) is 13.6. The normalized spacial score (nSPS) is 21.2. The monoisotopic (exact) mass is 396 g/mol. The van der Waals surface area contributed by atoms with Crippen LogP contribution in [0.4, 0.5) is 0 Å². The third-order valence-electron chi connectivity index (χ3n) is 4.33. The van der Waals surface area contributed by atoms with Crippen LogP contribution in [-0.4, -0.2) is 57.1 Å². The average Bonchev–Trinajstić information content (AvgIpc) is 3.10. The van der Waals surface area contributed by atoms with E-state index in [0.29, 0.717) is 13.0 Å². The molecule has 0 aliphatic carbocycles. The molecule has 1 amide bonds. The summed E-state index contributed by atoms with van der Waals surface area (Å²) in [6.45, 7) is 5.54. The molecule has 0 bridgehead atoms. The van der Waals surface area contributed by atoms with Gasteiger partial charge in [-0.05, 0) is 12.1 Å². The summed E-state index contributed by atoms with van der Waals surface area (Å²) in [5, 5.41) is 7.02. The van der Waals surface area contributed by atoms with Crippen LogP contribution in [0.15, 0.2) is 33.9 Å². The van der Waals surface area contributed by atoms with Crippen LogP contribution in [0, 0.1) is 0 Å². The molecule has 3 rings (SSSR count). The first-order chi connectivity index (χ1) is 11.7. The number of morpholine rings is 1. The summed E-state index contributed by atoms with van der Waals surface area (Å²) in [4.78, 5) is 19.1. The SMILES string of the molecule is O=C(NCCC[NH+]1CCOCC1)[C@H]1CC(c2cccc(Br)c2)=NO1. The lowest BCUT2D eigenvalue weighted by Crippen LogP contribution is -3.14. The Morgan fingerprint density at radius 2 is 2.21 bits per heavy atom. The number of nitrogens with zero attached hydrogens (tertiary/aromatic N) is 1. The van der Waals surface area contributed by atoms with E-state index in [1.807, 2.05) is 24.3 Å². The van der Waals surface area contributed by atoms with Crippen LogP contribution in [0.1, 0.15) is 18.4 Å². The topological polar surface area (TPSA) is 64.4 Å². The molecule has 0 radical (unpaired) electrons. The van der Waals surface area contributed by atoms with Gasteiger partial charge < -0.3 is 19.8 Å². The molecule has 2 aliphatic rings. The Morgan fingerprint density at radius 1 is 1.38 bits per heavy atom. The molecule has 2 N–H and O–H groups in total. The van der Waals surface area contributed by atoms with Gasteiger partial charge in [-0.1, -0.05) is 33.2 Å². The van der Waals surface area contributed by atoms with Crippen LogP contribution in [-0.2, 0) is 14.4 Å². The zero-order valence-corrected chi connectivity index (χ0v) is 15.2. The number of benzene rings is 1. The van der Waals surface area contributed by atoms with Crippen molar-refractivity contribution in [2.45, 2.75) is 18.9 Å². The van der Waals surface area contributed by atoms with E-state index in [1.54, 1.807) is 4.90 Å². The molecule has 1 aromatic rings. The third kappa shape index (κ3) is 4.78. The molecule has 0 saturated carbocycles. The largest absolute Gasteiger partial charge is 0.382 e. The molecular formula is C17H23BrN3O3+. The minimum Gasteiger partial charge on any atom is -0.382 e. The summed E-state index contributed by atoms with van der Waals surface area (Å²) in [5.41, 5.74) is 1.80. The Balaban J connectivity index is 1.37. The molecule has 0 spiro atoms. The number of hydrogen-bond acceptors (Lipinski definition) is 4. The van der Waals surface area contributed by atoms with Crippen LogP contribution in [0.3, 0.4) is 0 Å². The smallest absolute Gasteiger partial charge is 0.264 e. The molecule has 2 aliphatic heterocycles. The fraction of sp³-hybridized carbons (Fsp3) is 0.529. The average molecular weight is 397 g/mol. The Kier molecular flexibility index (Phi) is 6.23. The lowest BCUT2D eigenvalue weighted by atomic mass is 10.0. The Bertz CT molecular complexity index is 602. The molecule has 1 atom stereocenters. The number of oxime groups is 1. The van der Waals surface area contributed by atoms with Crippen molar-refractivity contribution in [3.8, 4) is 0 Å². The molecule has 2 heterocycles. The molecule has 24 heavy (non-hydrogen) atoms. The van der Waals surface area contributed by atoms with Gasteiger partial charge in [-0.2, -0.15) is 0 Å². The summed E-state index contributed by atoms with van der Waals surface area (Å²) in [6.07, 6.45) is 0.958. The summed E-state index contributed by atoms with van der Waals surface area (Å²) in [6, 6.07) is 7.86. The minimum absolute atomic E-state index is 0.0827. The maximum Gasteiger partial charge on any atom is 0.264 e.